The Morgan fingerprint density at radius 3 is 2.31 bits per heavy atom. The van der Waals surface area contributed by atoms with E-state index in [4.69, 9.17) is 4.74 Å². The summed E-state index contributed by atoms with van der Waals surface area (Å²) >= 11 is 0. The van der Waals surface area contributed by atoms with Gasteiger partial charge < -0.3 is 9.47 Å². The molecule has 0 amide bonds. The number of esters is 1. The SMILES string of the molecule is COC(=O)COc1ccc(CN2CCN(C/C=C/c3ccccc3)CC2)c2ccccc12. The molecule has 0 saturated carbocycles. The molecule has 4 rings (SSSR count). The Morgan fingerprint density at radius 2 is 1.56 bits per heavy atom. The molecule has 3 aromatic rings. The van der Waals surface area contributed by atoms with E-state index in [2.05, 4.69) is 63.1 Å². The van der Waals surface area contributed by atoms with E-state index in [0.717, 1.165) is 44.7 Å². The predicted octanol–water partition coefficient (Wildman–Crippen LogP) is 4.22. The van der Waals surface area contributed by atoms with Gasteiger partial charge in [-0.1, -0.05) is 72.8 Å². The summed E-state index contributed by atoms with van der Waals surface area (Å²) in [4.78, 5) is 16.5. The van der Waals surface area contributed by atoms with E-state index < -0.39 is 0 Å². The normalized spacial score (nSPS) is 15.3. The number of hydrogen-bond donors (Lipinski definition) is 0. The zero-order chi connectivity index (χ0) is 22.2. The Morgan fingerprint density at radius 1 is 0.875 bits per heavy atom. The predicted molar refractivity (Wildman–Crippen MR) is 129 cm³/mol. The Balaban J connectivity index is 1.34. The van der Waals surface area contributed by atoms with E-state index in [-0.39, 0.29) is 12.6 Å². The van der Waals surface area contributed by atoms with Crippen LogP contribution in [0, 0.1) is 0 Å². The molecule has 1 aliphatic heterocycles. The van der Waals surface area contributed by atoms with Gasteiger partial charge >= 0.3 is 5.97 Å². The lowest BCUT2D eigenvalue weighted by atomic mass is 10.0. The first-order chi connectivity index (χ1) is 15.7. The number of hydrogen-bond acceptors (Lipinski definition) is 5. The molecule has 1 fully saturated rings. The van der Waals surface area contributed by atoms with E-state index in [0.29, 0.717) is 5.75 Å². The van der Waals surface area contributed by atoms with Crippen LogP contribution >= 0.6 is 0 Å². The molecule has 0 atom stereocenters. The van der Waals surface area contributed by atoms with Gasteiger partial charge in [-0.25, -0.2) is 4.79 Å². The highest BCUT2D eigenvalue weighted by Gasteiger charge is 2.17. The molecule has 0 aromatic heterocycles. The van der Waals surface area contributed by atoms with Gasteiger partial charge in [0.25, 0.3) is 0 Å². The van der Waals surface area contributed by atoms with Gasteiger partial charge in [-0.15, -0.1) is 0 Å². The molecule has 5 nitrogen and oxygen atoms in total. The van der Waals surface area contributed by atoms with Crippen molar-refractivity contribution in [3.63, 3.8) is 0 Å². The van der Waals surface area contributed by atoms with Crippen LogP contribution in [0.1, 0.15) is 11.1 Å². The molecule has 1 aliphatic rings. The molecule has 0 N–H and O–H groups in total. The zero-order valence-electron chi connectivity index (χ0n) is 18.6. The Kier molecular flexibility index (Phi) is 7.54. The van der Waals surface area contributed by atoms with Crippen molar-refractivity contribution in [2.75, 3.05) is 46.4 Å². The van der Waals surface area contributed by atoms with Gasteiger partial charge in [-0.2, -0.15) is 0 Å². The molecule has 5 heteroatoms. The third kappa shape index (κ3) is 5.75. The number of methoxy groups -OCH3 is 1. The third-order valence-electron chi connectivity index (χ3n) is 5.88. The summed E-state index contributed by atoms with van der Waals surface area (Å²) in [5.41, 5.74) is 2.53. The fourth-order valence-corrected chi connectivity index (χ4v) is 4.07. The summed E-state index contributed by atoms with van der Waals surface area (Å²) in [6, 6.07) is 22.7. The second-order valence-corrected chi connectivity index (χ2v) is 8.02. The largest absolute Gasteiger partial charge is 0.481 e. The van der Waals surface area contributed by atoms with Crippen molar-refractivity contribution in [1.29, 1.82) is 0 Å². The maximum absolute atomic E-state index is 11.5. The van der Waals surface area contributed by atoms with Crippen molar-refractivity contribution in [1.82, 2.24) is 9.80 Å². The van der Waals surface area contributed by atoms with Gasteiger partial charge in [0.15, 0.2) is 6.61 Å². The molecule has 1 saturated heterocycles. The molecular formula is C27H30N2O3. The number of carbonyl (C=O) groups excluding carboxylic acids is 1. The van der Waals surface area contributed by atoms with Crippen molar-refractivity contribution < 1.29 is 14.3 Å². The fourth-order valence-electron chi connectivity index (χ4n) is 4.07. The van der Waals surface area contributed by atoms with Crippen LogP contribution in [0.3, 0.4) is 0 Å². The molecule has 0 spiro atoms. The van der Waals surface area contributed by atoms with Crippen LogP contribution in [0.5, 0.6) is 5.75 Å². The van der Waals surface area contributed by atoms with Gasteiger partial charge in [0.05, 0.1) is 7.11 Å². The summed E-state index contributed by atoms with van der Waals surface area (Å²) in [7, 11) is 1.37. The quantitative estimate of drug-likeness (QED) is 0.501. The molecule has 0 aliphatic carbocycles. The number of ether oxygens (including phenoxy) is 2. The van der Waals surface area contributed by atoms with Crippen molar-refractivity contribution in [2.24, 2.45) is 0 Å². The lowest BCUT2D eigenvalue weighted by Gasteiger charge is -2.34. The van der Waals surface area contributed by atoms with E-state index in [1.807, 2.05) is 30.3 Å². The smallest absolute Gasteiger partial charge is 0.343 e. The number of fused-ring (bicyclic) bond motifs is 1. The summed E-state index contributed by atoms with van der Waals surface area (Å²) in [6.45, 7) is 6.04. The zero-order valence-corrected chi connectivity index (χ0v) is 18.6. The highest BCUT2D eigenvalue weighted by Crippen LogP contribution is 2.29. The van der Waals surface area contributed by atoms with Crippen molar-refractivity contribution in [2.45, 2.75) is 6.54 Å². The first-order valence-electron chi connectivity index (χ1n) is 11.1. The standard InChI is InChI=1S/C27H30N2O3/c1-31-27(30)21-32-26-14-13-23(24-11-5-6-12-25(24)26)20-29-18-16-28(17-19-29)15-7-10-22-8-3-2-4-9-22/h2-14H,15-21H2,1H3/b10-7+. The molecule has 32 heavy (non-hydrogen) atoms. The highest BCUT2D eigenvalue weighted by molar-refractivity contribution is 5.91. The number of rotatable bonds is 8. The summed E-state index contributed by atoms with van der Waals surface area (Å²) in [5, 5.41) is 2.20. The molecular weight excluding hydrogens is 400 g/mol. The molecule has 166 valence electrons. The van der Waals surface area contributed by atoms with Crippen LogP contribution in [0.25, 0.3) is 16.8 Å². The molecule has 1 heterocycles. The van der Waals surface area contributed by atoms with Gasteiger partial charge in [-0.05, 0) is 22.6 Å². The van der Waals surface area contributed by atoms with Crippen LogP contribution in [-0.2, 0) is 16.1 Å². The number of piperazine rings is 1. The van der Waals surface area contributed by atoms with Gasteiger partial charge in [0.1, 0.15) is 5.75 Å². The lowest BCUT2D eigenvalue weighted by Crippen LogP contribution is -2.45. The van der Waals surface area contributed by atoms with E-state index in [1.165, 1.54) is 23.6 Å². The second kappa shape index (κ2) is 10.9. The third-order valence-corrected chi connectivity index (χ3v) is 5.88. The van der Waals surface area contributed by atoms with E-state index >= 15 is 0 Å². The topological polar surface area (TPSA) is 42.0 Å². The van der Waals surface area contributed by atoms with Gasteiger partial charge in [0, 0.05) is 44.7 Å². The number of nitrogens with zero attached hydrogens (tertiary/aromatic N) is 2. The summed E-state index contributed by atoms with van der Waals surface area (Å²) in [6.07, 6.45) is 4.45. The van der Waals surface area contributed by atoms with Crippen LogP contribution in [0.2, 0.25) is 0 Å². The van der Waals surface area contributed by atoms with Gasteiger partial charge in [-0.3, -0.25) is 9.80 Å². The Hall–Kier alpha value is -3.15. The lowest BCUT2D eigenvalue weighted by molar-refractivity contribution is -0.142. The van der Waals surface area contributed by atoms with Crippen LogP contribution in [-0.4, -0.2) is 62.2 Å². The minimum absolute atomic E-state index is 0.0828. The van der Waals surface area contributed by atoms with E-state index in [1.54, 1.807) is 0 Å². The number of benzene rings is 3. The average Bonchev–Trinajstić information content (AvgIpc) is 2.85. The minimum atomic E-state index is -0.380. The second-order valence-electron chi connectivity index (χ2n) is 8.02. The van der Waals surface area contributed by atoms with Crippen molar-refractivity contribution >= 4 is 22.8 Å². The van der Waals surface area contributed by atoms with Crippen molar-refractivity contribution in [3.05, 3.63) is 83.9 Å². The first-order valence-corrected chi connectivity index (χ1v) is 11.1. The highest BCUT2D eigenvalue weighted by atomic mass is 16.6. The molecule has 3 aromatic carbocycles. The molecule has 0 radical (unpaired) electrons. The first kappa shape index (κ1) is 22.1. The molecule has 0 unspecified atom stereocenters. The van der Waals surface area contributed by atoms with Gasteiger partial charge in [0.2, 0.25) is 0 Å². The number of carbonyl (C=O) groups is 1. The average molecular weight is 431 g/mol. The van der Waals surface area contributed by atoms with Crippen LogP contribution < -0.4 is 4.74 Å². The van der Waals surface area contributed by atoms with Crippen LogP contribution in [0.15, 0.2) is 72.8 Å². The Labute approximate surface area is 189 Å². The maximum atomic E-state index is 11.5. The minimum Gasteiger partial charge on any atom is -0.481 e. The monoisotopic (exact) mass is 430 g/mol. The van der Waals surface area contributed by atoms with E-state index in [9.17, 15) is 4.79 Å². The van der Waals surface area contributed by atoms with Crippen molar-refractivity contribution in [3.8, 4) is 5.75 Å². The summed E-state index contributed by atoms with van der Waals surface area (Å²) < 4.78 is 10.4. The Bertz CT molecular complexity index is 1060. The van der Waals surface area contributed by atoms with Crippen LogP contribution in [0.4, 0.5) is 0 Å². The maximum Gasteiger partial charge on any atom is 0.343 e. The summed E-state index contributed by atoms with van der Waals surface area (Å²) in [5.74, 6) is 0.333. The fraction of sp³-hybridized carbons (Fsp3) is 0.296. The molecule has 0 bridgehead atoms.